The van der Waals surface area contributed by atoms with Crippen molar-refractivity contribution >= 4 is 11.6 Å². The van der Waals surface area contributed by atoms with Gasteiger partial charge in [0.15, 0.2) is 5.96 Å². The van der Waals surface area contributed by atoms with Gasteiger partial charge in [-0.2, -0.15) is 0 Å². The summed E-state index contributed by atoms with van der Waals surface area (Å²) in [5, 5.41) is 13.0. The first kappa shape index (κ1) is 17.8. The highest BCUT2D eigenvalue weighted by molar-refractivity contribution is 5.92. The van der Waals surface area contributed by atoms with Crippen molar-refractivity contribution in [1.82, 2.24) is 0 Å². The number of nitrogens with one attached hydrogen (secondary N) is 1. The van der Waals surface area contributed by atoms with Gasteiger partial charge in [-0.15, -0.1) is 0 Å². The highest BCUT2D eigenvalue weighted by atomic mass is 16.5. The average molecular weight is 327 g/mol. The molecule has 1 unspecified atom stereocenters. The van der Waals surface area contributed by atoms with E-state index in [1.54, 1.807) is 0 Å². The van der Waals surface area contributed by atoms with Crippen molar-refractivity contribution < 1.29 is 9.84 Å². The molecule has 0 fully saturated rings. The highest BCUT2D eigenvalue weighted by Crippen LogP contribution is 2.14. The van der Waals surface area contributed by atoms with Gasteiger partial charge in [-0.3, -0.25) is 4.99 Å². The Morgan fingerprint density at radius 2 is 1.96 bits per heavy atom. The average Bonchev–Trinajstić information content (AvgIpc) is 2.54. The second kappa shape index (κ2) is 8.36. The highest BCUT2D eigenvalue weighted by Gasteiger charge is 2.05. The van der Waals surface area contributed by atoms with Crippen LogP contribution in [-0.4, -0.2) is 30.3 Å². The number of aliphatic hydroxyl groups excluding tert-OH is 1. The van der Waals surface area contributed by atoms with Gasteiger partial charge in [-0.25, -0.2) is 0 Å². The first-order valence-corrected chi connectivity index (χ1v) is 7.96. The van der Waals surface area contributed by atoms with E-state index < -0.39 is 6.10 Å². The molecule has 0 radical (unpaired) electrons. The number of guanidine groups is 1. The third kappa shape index (κ3) is 5.59. The minimum absolute atomic E-state index is 0.171. The largest absolute Gasteiger partial charge is 0.491 e. The van der Waals surface area contributed by atoms with E-state index in [2.05, 4.69) is 17.2 Å². The maximum Gasteiger partial charge on any atom is 0.193 e. The smallest absolute Gasteiger partial charge is 0.193 e. The Labute approximate surface area is 143 Å². The van der Waals surface area contributed by atoms with Crippen molar-refractivity contribution in [3.05, 3.63) is 59.2 Å². The van der Waals surface area contributed by atoms with Crippen LogP contribution in [0.1, 0.15) is 16.7 Å². The number of benzene rings is 2. The summed E-state index contributed by atoms with van der Waals surface area (Å²) < 4.78 is 5.55. The molecule has 0 spiro atoms. The minimum atomic E-state index is -0.717. The second-order valence-electron chi connectivity index (χ2n) is 5.93. The van der Waals surface area contributed by atoms with Gasteiger partial charge in [-0.1, -0.05) is 18.2 Å². The van der Waals surface area contributed by atoms with Crippen LogP contribution in [-0.2, 0) is 0 Å². The number of ether oxygens (including phenoxy) is 1. The Balaban J connectivity index is 1.81. The number of aryl methyl sites for hydroxylation is 3. The lowest BCUT2D eigenvalue weighted by molar-refractivity contribution is 0.114. The number of nitrogens with zero attached hydrogens (tertiary/aromatic N) is 1. The Bertz CT molecular complexity index is 714. The summed E-state index contributed by atoms with van der Waals surface area (Å²) in [6.07, 6.45) is -0.717. The van der Waals surface area contributed by atoms with E-state index in [-0.39, 0.29) is 19.1 Å². The first-order valence-electron chi connectivity index (χ1n) is 7.96. The Morgan fingerprint density at radius 1 is 1.17 bits per heavy atom. The summed E-state index contributed by atoms with van der Waals surface area (Å²) in [6.45, 7) is 6.44. The molecule has 0 aromatic heterocycles. The Morgan fingerprint density at radius 3 is 2.67 bits per heavy atom. The topological polar surface area (TPSA) is 79.9 Å². The van der Waals surface area contributed by atoms with Crippen LogP contribution in [0.2, 0.25) is 0 Å². The van der Waals surface area contributed by atoms with Gasteiger partial charge in [-0.05, 0) is 61.7 Å². The zero-order valence-electron chi connectivity index (χ0n) is 14.4. The van der Waals surface area contributed by atoms with Crippen molar-refractivity contribution in [2.24, 2.45) is 10.7 Å². The lowest BCUT2D eigenvalue weighted by Crippen LogP contribution is -2.27. The maximum atomic E-state index is 9.96. The molecule has 0 aliphatic rings. The quantitative estimate of drug-likeness (QED) is 0.563. The molecule has 2 aromatic carbocycles. The number of aliphatic hydroxyl groups is 1. The van der Waals surface area contributed by atoms with Crippen LogP contribution >= 0.6 is 0 Å². The molecule has 0 bridgehead atoms. The fourth-order valence-electron chi connectivity index (χ4n) is 2.16. The second-order valence-corrected chi connectivity index (χ2v) is 5.93. The molecule has 4 N–H and O–H groups in total. The van der Waals surface area contributed by atoms with Crippen molar-refractivity contribution in [3.8, 4) is 5.75 Å². The van der Waals surface area contributed by atoms with Gasteiger partial charge in [0.2, 0.25) is 0 Å². The third-order valence-electron chi connectivity index (χ3n) is 3.68. The van der Waals surface area contributed by atoms with E-state index in [1.807, 2.05) is 56.3 Å². The molecule has 2 aromatic rings. The van der Waals surface area contributed by atoms with Gasteiger partial charge < -0.3 is 20.9 Å². The zero-order chi connectivity index (χ0) is 17.5. The van der Waals surface area contributed by atoms with Crippen LogP contribution in [0.15, 0.2) is 47.5 Å². The summed E-state index contributed by atoms with van der Waals surface area (Å²) in [5.74, 6) is 1.01. The number of anilines is 1. The number of rotatable bonds is 6. The van der Waals surface area contributed by atoms with Crippen molar-refractivity contribution in [2.45, 2.75) is 26.9 Å². The Kier molecular flexibility index (Phi) is 6.21. The number of nitrogens with two attached hydrogens (primary N) is 1. The number of hydrogen-bond acceptors (Lipinski definition) is 3. The van der Waals surface area contributed by atoms with Gasteiger partial charge in [0, 0.05) is 5.69 Å². The minimum Gasteiger partial charge on any atom is -0.491 e. The van der Waals surface area contributed by atoms with E-state index in [4.69, 9.17) is 10.5 Å². The van der Waals surface area contributed by atoms with E-state index in [9.17, 15) is 5.11 Å². The van der Waals surface area contributed by atoms with Crippen LogP contribution in [0, 0.1) is 20.8 Å². The van der Waals surface area contributed by atoms with E-state index in [0.29, 0.717) is 0 Å². The lowest BCUT2D eigenvalue weighted by atomic mass is 10.1. The van der Waals surface area contributed by atoms with Gasteiger partial charge in [0.1, 0.15) is 18.5 Å². The number of aliphatic imine (C=N–C) groups is 1. The van der Waals surface area contributed by atoms with Crippen molar-refractivity contribution in [1.29, 1.82) is 0 Å². The van der Waals surface area contributed by atoms with Crippen LogP contribution in [0.3, 0.4) is 0 Å². The van der Waals surface area contributed by atoms with Crippen LogP contribution in [0.4, 0.5) is 5.69 Å². The standard InChI is InChI=1S/C19H25N3O2/c1-13-5-4-6-18(9-13)24-12-17(23)11-21-19(20)22-16-8-7-14(2)15(3)10-16/h4-10,17,23H,11-12H2,1-3H3,(H3,20,21,22). The SMILES string of the molecule is Cc1cccc(OCC(O)CN=C(N)Nc2ccc(C)c(C)c2)c1. The van der Waals surface area contributed by atoms with Gasteiger partial charge in [0.25, 0.3) is 0 Å². The maximum absolute atomic E-state index is 9.96. The Hall–Kier alpha value is -2.53. The van der Waals surface area contributed by atoms with Gasteiger partial charge >= 0.3 is 0 Å². The van der Waals surface area contributed by atoms with Crippen LogP contribution in [0.5, 0.6) is 5.75 Å². The summed E-state index contributed by atoms with van der Waals surface area (Å²) in [7, 11) is 0. The molecule has 24 heavy (non-hydrogen) atoms. The molecule has 5 nitrogen and oxygen atoms in total. The van der Waals surface area contributed by atoms with E-state index in [1.165, 1.54) is 11.1 Å². The summed E-state index contributed by atoms with van der Waals surface area (Å²) >= 11 is 0. The van der Waals surface area contributed by atoms with E-state index >= 15 is 0 Å². The first-order chi connectivity index (χ1) is 11.4. The van der Waals surface area contributed by atoms with Crippen LogP contribution < -0.4 is 15.8 Å². The molecule has 0 heterocycles. The zero-order valence-corrected chi connectivity index (χ0v) is 14.4. The molecule has 128 valence electrons. The molecule has 1 atom stereocenters. The lowest BCUT2D eigenvalue weighted by Gasteiger charge is -2.12. The monoisotopic (exact) mass is 327 g/mol. The summed E-state index contributed by atoms with van der Waals surface area (Å²) in [5.41, 5.74) is 10.3. The predicted octanol–water partition coefficient (Wildman–Crippen LogP) is 2.78. The van der Waals surface area contributed by atoms with Gasteiger partial charge in [0.05, 0.1) is 6.54 Å². The van der Waals surface area contributed by atoms with Crippen LogP contribution in [0.25, 0.3) is 0 Å². The summed E-state index contributed by atoms with van der Waals surface area (Å²) in [4.78, 5) is 4.15. The molecule has 2 rings (SSSR count). The normalized spacial score (nSPS) is 12.8. The molecule has 0 amide bonds. The van der Waals surface area contributed by atoms with Crippen molar-refractivity contribution in [2.75, 3.05) is 18.5 Å². The molecule has 0 aliphatic heterocycles. The molecular formula is C19H25N3O2. The molecule has 0 aliphatic carbocycles. The molecule has 0 saturated heterocycles. The molecule has 5 heteroatoms. The molecular weight excluding hydrogens is 302 g/mol. The summed E-state index contributed by atoms with van der Waals surface area (Å²) in [6, 6.07) is 13.7. The number of hydrogen-bond donors (Lipinski definition) is 3. The van der Waals surface area contributed by atoms with Crippen molar-refractivity contribution in [3.63, 3.8) is 0 Å². The van der Waals surface area contributed by atoms with E-state index in [0.717, 1.165) is 17.0 Å². The fraction of sp³-hybridized carbons (Fsp3) is 0.316. The predicted molar refractivity (Wildman–Crippen MR) is 98.7 cm³/mol. The third-order valence-corrected chi connectivity index (χ3v) is 3.68. The molecule has 0 saturated carbocycles. The fourth-order valence-corrected chi connectivity index (χ4v) is 2.16.